The summed E-state index contributed by atoms with van der Waals surface area (Å²) in [6.07, 6.45) is 3.33. The molecule has 18 heavy (non-hydrogen) atoms. The van der Waals surface area contributed by atoms with Gasteiger partial charge in [-0.05, 0) is 49.8 Å². The summed E-state index contributed by atoms with van der Waals surface area (Å²) >= 11 is 1.79. The van der Waals surface area contributed by atoms with Crippen molar-refractivity contribution in [3.8, 4) is 0 Å². The number of likely N-dealkylation sites (tertiary alicyclic amines) is 1. The Bertz CT molecular complexity index is 377. The van der Waals surface area contributed by atoms with E-state index in [9.17, 15) is 0 Å². The molecule has 2 nitrogen and oxygen atoms in total. The number of nitrogens with zero attached hydrogens (tertiary/aromatic N) is 1. The third-order valence-electron chi connectivity index (χ3n) is 4.19. The number of piperidine rings is 1. The number of thioether (sulfide) groups is 1. The summed E-state index contributed by atoms with van der Waals surface area (Å²) in [5.41, 5.74) is 7.58. The van der Waals surface area contributed by atoms with Gasteiger partial charge in [0.15, 0.2) is 0 Å². The van der Waals surface area contributed by atoms with Gasteiger partial charge in [0.1, 0.15) is 0 Å². The second-order valence-electron chi connectivity index (χ2n) is 5.37. The maximum atomic E-state index is 6.19. The van der Waals surface area contributed by atoms with E-state index in [4.69, 9.17) is 5.73 Å². The molecule has 0 bridgehead atoms. The molecule has 2 rings (SSSR count). The van der Waals surface area contributed by atoms with Crippen molar-refractivity contribution in [2.24, 2.45) is 11.7 Å². The highest BCUT2D eigenvalue weighted by atomic mass is 32.2. The van der Waals surface area contributed by atoms with Gasteiger partial charge >= 0.3 is 0 Å². The lowest BCUT2D eigenvalue weighted by Crippen LogP contribution is -2.48. The molecule has 0 radical (unpaired) electrons. The van der Waals surface area contributed by atoms with Crippen LogP contribution in [0.3, 0.4) is 0 Å². The molecule has 1 saturated heterocycles. The first kappa shape index (κ1) is 13.9. The Balaban J connectivity index is 2.03. The third-order valence-corrected chi connectivity index (χ3v) is 4.94. The highest BCUT2D eigenvalue weighted by Gasteiger charge is 2.26. The van der Waals surface area contributed by atoms with Gasteiger partial charge in [-0.15, -0.1) is 11.8 Å². The van der Waals surface area contributed by atoms with E-state index in [1.807, 2.05) is 0 Å². The largest absolute Gasteiger partial charge is 0.326 e. The molecule has 1 aliphatic heterocycles. The van der Waals surface area contributed by atoms with E-state index in [2.05, 4.69) is 49.3 Å². The van der Waals surface area contributed by atoms with Crippen LogP contribution in [0.4, 0.5) is 0 Å². The second kappa shape index (κ2) is 6.09. The quantitative estimate of drug-likeness (QED) is 0.851. The summed E-state index contributed by atoms with van der Waals surface area (Å²) in [6.45, 7) is 6.74. The number of benzene rings is 1. The normalized spacial score (nSPS) is 27.1. The molecular formula is C15H24N2S. The molecule has 100 valence electrons. The maximum absolute atomic E-state index is 6.19. The Morgan fingerprint density at radius 3 is 2.56 bits per heavy atom. The molecule has 0 aliphatic carbocycles. The molecule has 1 aliphatic rings. The summed E-state index contributed by atoms with van der Waals surface area (Å²) in [7, 11) is 0. The topological polar surface area (TPSA) is 29.3 Å². The van der Waals surface area contributed by atoms with Crippen LogP contribution >= 0.6 is 11.8 Å². The lowest BCUT2D eigenvalue weighted by atomic mass is 9.92. The second-order valence-corrected chi connectivity index (χ2v) is 6.25. The highest BCUT2D eigenvalue weighted by molar-refractivity contribution is 7.98. The van der Waals surface area contributed by atoms with Gasteiger partial charge in [-0.3, -0.25) is 4.90 Å². The van der Waals surface area contributed by atoms with Crippen molar-refractivity contribution in [2.45, 2.75) is 37.2 Å². The maximum Gasteiger partial charge on any atom is 0.0320 e. The minimum atomic E-state index is 0.326. The van der Waals surface area contributed by atoms with Crippen LogP contribution < -0.4 is 5.73 Å². The van der Waals surface area contributed by atoms with Gasteiger partial charge in [0, 0.05) is 23.5 Å². The van der Waals surface area contributed by atoms with Gasteiger partial charge in [-0.2, -0.15) is 0 Å². The fraction of sp³-hybridized carbons (Fsp3) is 0.600. The molecule has 3 unspecified atom stereocenters. The van der Waals surface area contributed by atoms with E-state index in [1.165, 1.54) is 23.4 Å². The van der Waals surface area contributed by atoms with Crippen molar-refractivity contribution < 1.29 is 0 Å². The summed E-state index contributed by atoms with van der Waals surface area (Å²) in [5.74, 6) is 0.660. The molecule has 0 aromatic heterocycles. The Labute approximate surface area is 115 Å². The van der Waals surface area contributed by atoms with Gasteiger partial charge in [-0.1, -0.05) is 19.1 Å². The van der Waals surface area contributed by atoms with Crippen LogP contribution in [-0.2, 0) is 0 Å². The molecule has 0 saturated carbocycles. The lowest BCUT2D eigenvalue weighted by Gasteiger charge is -2.38. The lowest BCUT2D eigenvalue weighted by molar-refractivity contribution is 0.128. The minimum absolute atomic E-state index is 0.326. The van der Waals surface area contributed by atoms with Crippen LogP contribution in [0.5, 0.6) is 0 Å². The number of rotatable bonds is 3. The van der Waals surface area contributed by atoms with Crippen molar-refractivity contribution in [3.63, 3.8) is 0 Å². The Morgan fingerprint density at radius 1 is 1.33 bits per heavy atom. The summed E-state index contributed by atoms with van der Waals surface area (Å²) in [4.78, 5) is 3.84. The Hall–Kier alpha value is -0.510. The molecule has 2 N–H and O–H groups in total. The average molecular weight is 264 g/mol. The van der Waals surface area contributed by atoms with Crippen molar-refractivity contribution in [1.29, 1.82) is 0 Å². The van der Waals surface area contributed by atoms with Gasteiger partial charge < -0.3 is 5.73 Å². The molecule has 1 heterocycles. The molecule has 0 amide bonds. The molecule has 0 spiro atoms. The number of nitrogens with two attached hydrogens (primary N) is 1. The monoisotopic (exact) mass is 264 g/mol. The van der Waals surface area contributed by atoms with E-state index in [0.717, 1.165) is 6.54 Å². The standard InChI is InChI=1S/C15H24N2S/c1-11-8-9-17(10-15(11)16)12(2)13-4-6-14(18-3)7-5-13/h4-7,11-12,15H,8-10,16H2,1-3H3. The summed E-state index contributed by atoms with van der Waals surface area (Å²) in [5, 5.41) is 0. The van der Waals surface area contributed by atoms with E-state index < -0.39 is 0 Å². The first-order chi connectivity index (χ1) is 8.61. The van der Waals surface area contributed by atoms with Gasteiger partial charge in [-0.25, -0.2) is 0 Å². The molecular weight excluding hydrogens is 240 g/mol. The highest BCUT2D eigenvalue weighted by Crippen LogP contribution is 2.27. The summed E-state index contributed by atoms with van der Waals surface area (Å²) in [6, 6.07) is 9.72. The fourth-order valence-corrected chi connectivity index (χ4v) is 2.98. The van der Waals surface area contributed by atoms with E-state index in [0.29, 0.717) is 18.0 Å². The van der Waals surface area contributed by atoms with Crippen LogP contribution in [0.1, 0.15) is 31.9 Å². The fourth-order valence-electron chi connectivity index (χ4n) is 2.57. The number of hydrogen-bond donors (Lipinski definition) is 1. The zero-order chi connectivity index (χ0) is 13.1. The van der Waals surface area contributed by atoms with Crippen molar-refractivity contribution >= 4 is 11.8 Å². The predicted molar refractivity (Wildman–Crippen MR) is 80.0 cm³/mol. The van der Waals surface area contributed by atoms with Crippen molar-refractivity contribution in [3.05, 3.63) is 29.8 Å². The molecule has 1 aromatic carbocycles. The van der Waals surface area contributed by atoms with E-state index in [-0.39, 0.29) is 0 Å². The Kier molecular flexibility index (Phi) is 4.71. The smallest absolute Gasteiger partial charge is 0.0320 e. The molecule has 1 aromatic rings. The number of hydrogen-bond acceptors (Lipinski definition) is 3. The first-order valence-corrected chi connectivity index (χ1v) is 7.98. The van der Waals surface area contributed by atoms with E-state index >= 15 is 0 Å². The van der Waals surface area contributed by atoms with Gasteiger partial charge in [0.05, 0.1) is 0 Å². The van der Waals surface area contributed by atoms with Crippen LogP contribution in [0.15, 0.2) is 29.2 Å². The van der Waals surface area contributed by atoms with E-state index in [1.54, 1.807) is 11.8 Å². The molecule has 3 heteroatoms. The molecule has 1 fully saturated rings. The van der Waals surface area contributed by atoms with Crippen LogP contribution in [0.2, 0.25) is 0 Å². The third kappa shape index (κ3) is 3.08. The first-order valence-electron chi connectivity index (χ1n) is 6.75. The molecule has 3 atom stereocenters. The zero-order valence-electron chi connectivity index (χ0n) is 11.6. The summed E-state index contributed by atoms with van der Waals surface area (Å²) < 4.78 is 0. The SMILES string of the molecule is CSc1ccc(C(C)N2CCC(C)C(N)C2)cc1. The Morgan fingerprint density at radius 2 is 2.00 bits per heavy atom. The van der Waals surface area contributed by atoms with Crippen LogP contribution in [0.25, 0.3) is 0 Å². The van der Waals surface area contributed by atoms with Crippen LogP contribution in [0, 0.1) is 5.92 Å². The minimum Gasteiger partial charge on any atom is -0.326 e. The average Bonchev–Trinajstić information content (AvgIpc) is 2.41. The van der Waals surface area contributed by atoms with Crippen molar-refractivity contribution in [2.75, 3.05) is 19.3 Å². The zero-order valence-corrected chi connectivity index (χ0v) is 12.4. The van der Waals surface area contributed by atoms with Gasteiger partial charge in [0.2, 0.25) is 0 Å². The predicted octanol–water partition coefficient (Wildman–Crippen LogP) is 3.14. The van der Waals surface area contributed by atoms with Gasteiger partial charge in [0.25, 0.3) is 0 Å². The van der Waals surface area contributed by atoms with Crippen LogP contribution in [-0.4, -0.2) is 30.3 Å². The van der Waals surface area contributed by atoms with Crippen molar-refractivity contribution in [1.82, 2.24) is 4.90 Å².